The number of hydrogen-bond donors (Lipinski definition) is 0. The first-order valence-electron chi connectivity index (χ1n) is 7.36. The molecule has 3 aromatic rings. The maximum Gasteiger partial charge on any atom is 0.0704 e. The number of pyridine rings is 1. The Kier molecular flexibility index (Phi) is 3.26. The lowest BCUT2D eigenvalue weighted by molar-refractivity contribution is 1.12. The second-order valence-electron chi connectivity index (χ2n) is 4.71. The van der Waals surface area contributed by atoms with Gasteiger partial charge in [0, 0.05) is 13.1 Å². The predicted octanol–water partition coefficient (Wildman–Crippen LogP) is 4.98. The summed E-state index contributed by atoms with van der Waals surface area (Å²) in [4.78, 5) is 4.44. The van der Waals surface area contributed by atoms with Crippen molar-refractivity contribution in [3.63, 3.8) is 0 Å². The molecule has 0 amide bonds. The second kappa shape index (κ2) is 5.70. The van der Waals surface area contributed by atoms with Crippen molar-refractivity contribution in [1.82, 2.24) is 4.98 Å². The standard InChI is InChI=1S/C19H17N/c1-2-15-11-12-20-19(13-15)18-10-6-9-17(14-18)16-7-4-3-5-8-16/h3-14H,2H2,1H3/i2D. The molecular weight excluding hydrogens is 242 g/mol. The Morgan fingerprint density at radius 2 is 1.60 bits per heavy atom. The van der Waals surface area contributed by atoms with Crippen LogP contribution in [0.3, 0.4) is 0 Å². The van der Waals surface area contributed by atoms with Crippen LogP contribution < -0.4 is 0 Å². The highest BCUT2D eigenvalue weighted by Crippen LogP contribution is 2.25. The fraction of sp³-hybridized carbons (Fsp3) is 0.105. The van der Waals surface area contributed by atoms with E-state index in [9.17, 15) is 0 Å². The van der Waals surface area contributed by atoms with E-state index in [0.29, 0.717) is 0 Å². The van der Waals surface area contributed by atoms with Gasteiger partial charge in [-0.05, 0) is 41.3 Å². The first-order valence-corrected chi connectivity index (χ1v) is 6.78. The minimum Gasteiger partial charge on any atom is -0.256 e. The molecule has 0 saturated carbocycles. The Morgan fingerprint density at radius 1 is 0.850 bits per heavy atom. The maximum absolute atomic E-state index is 7.83. The van der Waals surface area contributed by atoms with E-state index in [2.05, 4.69) is 41.4 Å². The molecule has 0 radical (unpaired) electrons. The molecule has 0 bridgehead atoms. The zero-order chi connectivity index (χ0) is 14.7. The summed E-state index contributed by atoms with van der Waals surface area (Å²) in [7, 11) is 0. The molecule has 98 valence electrons. The third-order valence-corrected chi connectivity index (χ3v) is 3.38. The molecule has 0 saturated heterocycles. The van der Waals surface area contributed by atoms with Crippen LogP contribution in [0.1, 0.15) is 13.9 Å². The van der Waals surface area contributed by atoms with Gasteiger partial charge in [0.1, 0.15) is 0 Å². The Bertz CT molecular complexity index is 735. The molecule has 1 heteroatoms. The van der Waals surface area contributed by atoms with Gasteiger partial charge in [0.25, 0.3) is 0 Å². The van der Waals surface area contributed by atoms with Crippen LogP contribution in [-0.2, 0) is 6.40 Å². The highest BCUT2D eigenvalue weighted by Gasteiger charge is 2.03. The van der Waals surface area contributed by atoms with Gasteiger partial charge in [0.2, 0.25) is 0 Å². The molecule has 1 atom stereocenters. The van der Waals surface area contributed by atoms with E-state index in [1.54, 1.807) is 6.20 Å². The van der Waals surface area contributed by atoms with Crippen LogP contribution in [-0.4, -0.2) is 4.98 Å². The van der Waals surface area contributed by atoms with Gasteiger partial charge >= 0.3 is 0 Å². The molecule has 0 fully saturated rings. The third kappa shape index (κ3) is 2.62. The van der Waals surface area contributed by atoms with E-state index < -0.39 is 0 Å². The number of hydrogen-bond acceptors (Lipinski definition) is 1. The zero-order valence-electron chi connectivity index (χ0n) is 12.5. The molecular formula is C19H17N. The number of nitrogens with zero attached hydrogens (tertiary/aromatic N) is 1. The van der Waals surface area contributed by atoms with E-state index >= 15 is 0 Å². The van der Waals surface area contributed by atoms with E-state index in [4.69, 9.17) is 1.37 Å². The molecule has 0 spiro atoms. The van der Waals surface area contributed by atoms with Gasteiger partial charge in [0.15, 0.2) is 0 Å². The predicted molar refractivity (Wildman–Crippen MR) is 84.5 cm³/mol. The van der Waals surface area contributed by atoms with Gasteiger partial charge in [-0.1, -0.05) is 55.5 Å². The Balaban J connectivity index is 2.02. The average molecular weight is 260 g/mol. The smallest absolute Gasteiger partial charge is 0.0704 e. The summed E-state index contributed by atoms with van der Waals surface area (Å²) in [5.41, 5.74) is 5.37. The van der Waals surface area contributed by atoms with Crippen molar-refractivity contribution < 1.29 is 1.37 Å². The monoisotopic (exact) mass is 260 g/mol. The molecule has 1 heterocycles. The van der Waals surface area contributed by atoms with Crippen LogP contribution in [0.2, 0.25) is 0 Å². The first-order chi connectivity index (χ1) is 10.2. The third-order valence-electron chi connectivity index (χ3n) is 3.38. The van der Waals surface area contributed by atoms with Crippen LogP contribution in [0, 0.1) is 0 Å². The lowest BCUT2D eigenvalue weighted by Crippen LogP contribution is -1.87. The molecule has 0 N–H and O–H groups in total. The van der Waals surface area contributed by atoms with Crippen LogP contribution in [0.4, 0.5) is 0 Å². The van der Waals surface area contributed by atoms with E-state index in [1.807, 2.05) is 37.3 Å². The topological polar surface area (TPSA) is 12.9 Å². The van der Waals surface area contributed by atoms with Crippen molar-refractivity contribution in [2.45, 2.75) is 13.3 Å². The summed E-state index contributed by atoms with van der Waals surface area (Å²) in [6.45, 7) is 1.87. The largest absolute Gasteiger partial charge is 0.256 e. The van der Waals surface area contributed by atoms with Gasteiger partial charge in [0.05, 0.1) is 5.69 Å². The minimum absolute atomic E-state index is 0.232. The Hall–Kier alpha value is -2.41. The van der Waals surface area contributed by atoms with Crippen molar-refractivity contribution >= 4 is 0 Å². The SMILES string of the molecule is [2H]C(C)c1ccnc(-c2cccc(-c3ccccc3)c2)c1. The molecule has 20 heavy (non-hydrogen) atoms. The molecule has 0 aliphatic rings. The summed E-state index contributed by atoms with van der Waals surface area (Å²) in [6, 6.07) is 22.6. The first kappa shape index (κ1) is 11.4. The van der Waals surface area contributed by atoms with E-state index in [1.165, 1.54) is 11.1 Å². The Morgan fingerprint density at radius 3 is 2.40 bits per heavy atom. The quantitative estimate of drug-likeness (QED) is 0.647. The van der Waals surface area contributed by atoms with Crippen LogP contribution >= 0.6 is 0 Å². The van der Waals surface area contributed by atoms with Crippen LogP contribution in [0.15, 0.2) is 72.9 Å². The summed E-state index contributed by atoms with van der Waals surface area (Å²) in [5, 5.41) is 0. The number of aryl methyl sites for hydroxylation is 1. The van der Waals surface area contributed by atoms with Crippen molar-refractivity contribution in [2.24, 2.45) is 0 Å². The maximum atomic E-state index is 7.83. The van der Waals surface area contributed by atoms with Crippen molar-refractivity contribution in [3.05, 3.63) is 78.5 Å². The molecule has 1 aromatic heterocycles. The second-order valence-corrected chi connectivity index (χ2v) is 4.71. The van der Waals surface area contributed by atoms with E-state index in [-0.39, 0.29) is 6.40 Å². The number of rotatable bonds is 3. The summed E-state index contributed by atoms with van der Waals surface area (Å²) in [5.74, 6) is 0. The van der Waals surface area contributed by atoms with Gasteiger partial charge in [-0.3, -0.25) is 4.98 Å². The zero-order valence-corrected chi connectivity index (χ0v) is 11.5. The normalized spacial score (nSPS) is 12.8. The Labute approximate surface area is 121 Å². The van der Waals surface area contributed by atoms with Gasteiger partial charge in [-0.2, -0.15) is 0 Å². The van der Waals surface area contributed by atoms with Crippen molar-refractivity contribution in [1.29, 1.82) is 0 Å². The minimum atomic E-state index is -0.232. The summed E-state index contributed by atoms with van der Waals surface area (Å²) < 4.78 is 7.83. The molecule has 0 aliphatic heterocycles. The van der Waals surface area contributed by atoms with Crippen molar-refractivity contribution in [2.75, 3.05) is 0 Å². The highest BCUT2D eigenvalue weighted by atomic mass is 14.7. The lowest BCUT2D eigenvalue weighted by atomic mass is 10.0. The summed E-state index contributed by atoms with van der Waals surface area (Å²) >= 11 is 0. The molecule has 1 unspecified atom stereocenters. The van der Waals surface area contributed by atoms with Crippen LogP contribution in [0.5, 0.6) is 0 Å². The molecule has 2 aromatic carbocycles. The van der Waals surface area contributed by atoms with Gasteiger partial charge in [-0.15, -0.1) is 0 Å². The highest BCUT2D eigenvalue weighted by molar-refractivity contribution is 5.71. The number of aromatic nitrogens is 1. The molecule has 0 aliphatic carbocycles. The number of benzene rings is 2. The molecule has 1 nitrogen and oxygen atoms in total. The fourth-order valence-electron chi connectivity index (χ4n) is 2.27. The molecule has 3 rings (SSSR count). The van der Waals surface area contributed by atoms with Gasteiger partial charge < -0.3 is 0 Å². The average Bonchev–Trinajstić information content (AvgIpc) is 2.56. The fourth-order valence-corrected chi connectivity index (χ4v) is 2.27. The van der Waals surface area contributed by atoms with E-state index in [0.717, 1.165) is 16.8 Å². The van der Waals surface area contributed by atoms with Crippen LogP contribution in [0.25, 0.3) is 22.4 Å². The van der Waals surface area contributed by atoms with Crippen molar-refractivity contribution in [3.8, 4) is 22.4 Å². The lowest BCUT2D eigenvalue weighted by Gasteiger charge is -2.06. The summed E-state index contributed by atoms with van der Waals surface area (Å²) in [6.07, 6.45) is 1.55. The van der Waals surface area contributed by atoms with Gasteiger partial charge in [-0.25, -0.2) is 0 Å².